The molecule has 1 atom stereocenters. The molecule has 1 aliphatic heterocycles. The summed E-state index contributed by atoms with van der Waals surface area (Å²) in [6, 6.07) is 8.28. The molecule has 1 saturated heterocycles. The SMILES string of the molecule is CSc1cccc(Oc2ncc(F)cc2C(=O)NC2CCN(C(=O)CC(C)C)C2)c1. The third-order valence-electron chi connectivity index (χ3n) is 4.78. The monoisotopic (exact) mass is 431 g/mol. The summed E-state index contributed by atoms with van der Waals surface area (Å²) < 4.78 is 19.6. The van der Waals surface area contributed by atoms with Gasteiger partial charge in [0.1, 0.15) is 17.1 Å². The van der Waals surface area contributed by atoms with Crippen molar-refractivity contribution in [1.82, 2.24) is 15.2 Å². The fraction of sp³-hybridized carbons (Fsp3) is 0.409. The Hall–Kier alpha value is -2.61. The van der Waals surface area contributed by atoms with Crippen LogP contribution in [0.25, 0.3) is 0 Å². The molecule has 1 N–H and O–H groups in total. The topological polar surface area (TPSA) is 71.5 Å². The van der Waals surface area contributed by atoms with Crippen molar-refractivity contribution in [3.8, 4) is 11.6 Å². The normalized spacial score (nSPS) is 16.0. The van der Waals surface area contributed by atoms with Gasteiger partial charge in [0.2, 0.25) is 11.8 Å². The lowest BCUT2D eigenvalue weighted by Gasteiger charge is -2.18. The average Bonchev–Trinajstić information content (AvgIpc) is 3.17. The molecule has 30 heavy (non-hydrogen) atoms. The van der Waals surface area contributed by atoms with E-state index in [-0.39, 0.29) is 29.3 Å². The van der Waals surface area contributed by atoms with Crippen LogP contribution in [0.5, 0.6) is 11.6 Å². The van der Waals surface area contributed by atoms with Crippen molar-refractivity contribution in [2.45, 2.75) is 37.6 Å². The highest BCUT2D eigenvalue weighted by Gasteiger charge is 2.28. The zero-order valence-corrected chi connectivity index (χ0v) is 18.2. The number of carbonyl (C=O) groups is 2. The number of pyridine rings is 1. The Kier molecular flexibility index (Phi) is 7.31. The second-order valence-electron chi connectivity index (χ2n) is 7.68. The maximum atomic E-state index is 13.8. The number of aromatic nitrogens is 1. The van der Waals surface area contributed by atoms with Crippen LogP contribution in [0, 0.1) is 11.7 Å². The van der Waals surface area contributed by atoms with Gasteiger partial charge in [-0.1, -0.05) is 19.9 Å². The molecule has 2 heterocycles. The van der Waals surface area contributed by atoms with Crippen LogP contribution >= 0.6 is 11.8 Å². The summed E-state index contributed by atoms with van der Waals surface area (Å²) in [7, 11) is 0. The Morgan fingerprint density at radius 3 is 2.90 bits per heavy atom. The fourth-order valence-corrected chi connectivity index (χ4v) is 3.74. The number of nitrogens with one attached hydrogen (secondary N) is 1. The molecule has 3 rings (SSSR count). The van der Waals surface area contributed by atoms with E-state index in [0.29, 0.717) is 31.7 Å². The molecule has 6 nitrogen and oxygen atoms in total. The first-order chi connectivity index (χ1) is 14.4. The second kappa shape index (κ2) is 9.93. The summed E-state index contributed by atoms with van der Waals surface area (Å²) >= 11 is 1.56. The molecule has 8 heteroatoms. The van der Waals surface area contributed by atoms with Gasteiger partial charge in [-0.2, -0.15) is 0 Å². The molecule has 2 amide bonds. The molecule has 1 fully saturated rings. The van der Waals surface area contributed by atoms with Gasteiger partial charge in [0, 0.05) is 30.4 Å². The third-order valence-corrected chi connectivity index (χ3v) is 5.50. The molecule has 0 radical (unpaired) electrons. The van der Waals surface area contributed by atoms with Gasteiger partial charge in [-0.3, -0.25) is 9.59 Å². The number of hydrogen-bond acceptors (Lipinski definition) is 5. The second-order valence-corrected chi connectivity index (χ2v) is 8.56. The number of hydrogen-bond donors (Lipinski definition) is 1. The van der Waals surface area contributed by atoms with Crippen molar-refractivity contribution in [3.63, 3.8) is 0 Å². The average molecular weight is 432 g/mol. The van der Waals surface area contributed by atoms with Gasteiger partial charge >= 0.3 is 0 Å². The quantitative estimate of drug-likeness (QED) is 0.668. The van der Waals surface area contributed by atoms with Gasteiger partial charge in [-0.05, 0) is 42.9 Å². The number of halogens is 1. The van der Waals surface area contributed by atoms with E-state index < -0.39 is 11.7 Å². The van der Waals surface area contributed by atoms with Crippen LogP contribution in [-0.4, -0.2) is 47.1 Å². The Morgan fingerprint density at radius 1 is 1.37 bits per heavy atom. The first kappa shape index (κ1) is 22.1. The molecule has 0 saturated carbocycles. The number of thioether (sulfide) groups is 1. The standard InChI is InChI=1S/C22H26FN3O3S/c1-14(2)9-20(27)26-8-7-16(13-26)25-21(28)19-10-15(23)12-24-22(19)29-17-5-4-6-18(11-17)30-3/h4-6,10-12,14,16H,7-9,13H2,1-3H3,(H,25,28). The molecule has 0 spiro atoms. The molecule has 160 valence electrons. The highest BCUT2D eigenvalue weighted by atomic mass is 32.2. The number of benzene rings is 1. The number of amides is 2. The lowest BCUT2D eigenvalue weighted by molar-refractivity contribution is -0.130. The van der Waals surface area contributed by atoms with E-state index >= 15 is 0 Å². The van der Waals surface area contributed by atoms with Gasteiger partial charge in [-0.15, -0.1) is 11.8 Å². The summed E-state index contributed by atoms with van der Waals surface area (Å²) in [5, 5.41) is 2.89. The van der Waals surface area contributed by atoms with Crippen LogP contribution in [0.15, 0.2) is 41.4 Å². The van der Waals surface area contributed by atoms with E-state index in [1.807, 2.05) is 38.3 Å². The number of likely N-dealkylation sites (tertiary alicyclic amines) is 1. The molecular formula is C22H26FN3O3S. The molecule has 1 aliphatic rings. The van der Waals surface area contributed by atoms with Crippen LogP contribution in [0.4, 0.5) is 4.39 Å². The van der Waals surface area contributed by atoms with Crippen molar-refractivity contribution in [3.05, 3.63) is 47.9 Å². The number of ether oxygens (including phenoxy) is 1. The minimum absolute atomic E-state index is 0.0245. The minimum atomic E-state index is -0.620. The van der Waals surface area contributed by atoms with Gasteiger partial charge in [0.25, 0.3) is 5.91 Å². The predicted molar refractivity (Wildman–Crippen MR) is 114 cm³/mol. The maximum Gasteiger partial charge on any atom is 0.257 e. The minimum Gasteiger partial charge on any atom is -0.438 e. The van der Waals surface area contributed by atoms with E-state index in [1.165, 1.54) is 0 Å². The Balaban J connectivity index is 1.70. The van der Waals surface area contributed by atoms with Crippen LogP contribution in [0.2, 0.25) is 0 Å². The van der Waals surface area contributed by atoms with Gasteiger partial charge < -0.3 is 15.0 Å². The van der Waals surface area contributed by atoms with Crippen molar-refractivity contribution >= 4 is 23.6 Å². The van der Waals surface area contributed by atoms with Crippen LogP contribution < -0.4 is 10.1 Å². The lowest BCUT2D eigenvalue weighted by Crippen LogP contribution is -2.38. The lowest BCUT2D eigenvalue weighted by atomic mass is 10.1. The fourth-order valence-electron chi connectivity index (χ4n) is 3.29. The zero-order valence-electron chi connectivity index (χ0n) is 17.4. The molecular weight excluding hydrogens is 405 g/mol. The van der Waals surface area contributed by atoms with Crippen molar-refractivity contribution in [1.29, 1.82) is 0 Å². The predicted octanol–water partition coefficient (Wildman–Crippen LogP) is 4.11. The summed E-state index contributed by atoms with van der Waals surface area (Å²) in [5.41, 5.74) is 0.0245. The van der Waals surface area contributed by atoms with Crippen LogP contribution in [0.1, 0.15) is 37.0 Å². The third kappa shape index (κ3) is 5.72. The summed E-state index contributed by atoms with van der Waals surface area (Å²) in [6.45, 7) is 5.05. The highest BCUT2D eigenvalue weighted by Crippen LogP contribution is 2.27. The van der Waals surface area contributed by atoms with Crippen LogP contribution in [-0.2, 0) is 4.79 Å². The molecule has 0 bridgehead atoms. The van der Waals surface area contributed by atoms with Crippen LogP contribution in [0.3, 0.4) is 0 Å². The van der Waals surface area contributed by atoms with E-state index in [2.05, 4.69) is 10.3 Å². The molecule has 2 aromatic rings. The summed E-state index contributed by atoms with van der Waals surface area (Å²) in [6.07, 6.45) is 4.11. The number of carbonyl (C=O) groups excluding carboxylic acids is 2. The largest absolute Gasteiger partial charge is 0.438 e. The molecule has 1 aromatic heterocycles. The number of nitrogens with zero attached hydrogens (tertiary/aromatic N) is 2. The smallest absolute Gasteiger partial charge is 0.257 e. The Bertz CT molecular complexity index is 922. The Labute approximate surface area is 180 Å². The zero-order chi connectivity index (χ0) is 21.7. The van der Waals surface area contributed by atoms with E-state index in [9.17, 15) is 14.0 Å². The van der Waals surface area contributed by atoms with E-state index in [0.717, 1.165) is 17.2 Å². The summed E-state index contributed by atoms with van der Waals surface area (Å²) in [5.74, 6) is -0.161. The highest BCUT2D eigenvalue weighted by molar-refractivity contribution is 7.98. The van der Waals surface area contributed by atoms with Crippen molar-refractivity contribution in [2.24, 2.45) is 5.92 Å². The van der Waals surface area contributed by atoms with Gasteiger partial charge in [0.15, 0.2) is 0 Å². The first-order valence-electron chi connectivity index (χ1n) is 9.91. The number of rotatable bonds is 7. The van der Waals surface area contributed by atoms with E-state index in [1.54, 1.807) is 22.7 Å². The summed E-state index contributed by atoms with van der Waals surface area (Å²) in [4.78, 5) is 31.8. The maximum absolute atomic E-state index is 13.8. The van der Waals surface area contributed by atoms with Crippen molar-refractivity contribution < 1.29 is 18.7 Å². The Morgan fingerprint density at radius 2 is 2.17 bits per heavy atom. The van der Waals surface area contributed by atoms with Gasteiger partial charge in [0.05, 0.1) is 6.20 Å². The van der Waals surface area contributed by atoms with E-state index in [4.69, 9.17) is 4.74 Å². The first-order valence-corrected chi connectivity index (χ1v) is 11.1. The van der Waals surface area contributed by atoms with Crippen molar-refractivity contribution in [2.75, 3.05) is 19.3 Å². The molecule has 0 aliphatic carbocycles. The molecule has 1 aromatic carbocycles. The molecule has 1 unspecified atom stereocenters. The van der Waals surface area contributed by atoms with Gasteiger partial charge in [-0.25, -0.2) is 9.37 Å².